The van der Waals surface area contributed by atoms with E-state index in [2.05, 4.69) is 74.4 Å². The quantitative estimate of drug-likeness (QED) is 0.334. The molecule has 3 heterocycles. The minimum absolute atomic E-state index is 0.791. The summed E-state index contributed by atoms with van der Waals surface area (Å²) < 4.78 is 0. The van der Waals surface area contributed by atoms with E-state index in [-0.39, 0.29) is 0 Å². The van der Waals surface area contributed by atoms with Crippen molar-refractivity contribution in [3.63, 3.8) is 0 Å². The molecule has 168 valence electrons. The zero-order chi connectivity index (χ0) is 22.7. The molecule has 0 aliphatic heterocycles. The molecule has 0 N–H and O–H groups in total. The molecule has 0 spiro atoms. The van der Waals surface area contributed by atoms with Crippen LogP contribution in [0.15, 0.2) is 97.3 Å². The summed E-state index contributed by atoms with van der Waals surface area (Å²) in [6.45, 7) is 7.16. The maximum Gasteiger partial charge on any atom is 0.0547 e. The molecule has 5 nitrogen and oxygen atoms in total. The summed E-state index contributed by atoms with van der Waals surface area (Å²) in [6, 6.07) is 29.1. The largest absolute Gasteiger partial charge is 0.292 e. The fraction of sp³-hybridized carbons (Fsp3) is 0.250. The van der Waals surface area contributed by atoms with Crippen LogP contribution in [-0.2, 0) is 26.2 Å². The highest BCUT2D eigenvalue weighted by Gasteiger charge is 2.14. The second-order valence-corrected chi connectivity index (χ2v) is 8.32. The Balaban J connectivity index is 1.48. The summed E-state index contributed by atoms with van der Waals surface area (Å²) >= 11 is 0. The van der Waals surface area contributed by atoms with Gasteiger partial charge in [0.2, 0.25) is 0 Å². The van der Waals surface area contributed by atoms with Crippen molar-refractivity contribution in [3.8, 4) is 0 Å². The number of aromatic nitrogens is 3. The third kappa shape index (κ3) is 7.59. The van der Waals surface area contributed by atoms with E-state index in [4.69, 9.17) is 4.98 Å². The topological polar surface area (TPSA) is 45.2 Å². The molecule has 33 heavy (non-hydrogen) atoms. The molecule has 0 radical (unpaired) electrons. The van der Waals surface area contributed by atoms with E-state index >= 15 is 0 Å². The van der Waals surface area contributed by atoms with Gasteiger partial charge >= 0.3 is 0 Å². The van der Waals surface area contributed by atoms with E-state index in [1.165, 1.54) is 5.56 Å². The van der Waals surface area contributed by atoms with Crippen molar-refractivity contribution in [3.05, 3.63) is 126 Å². The first-order valence-electron chi connectivity index (χ1n) is 11.5. The molecule has 0 fully saturated rings. The molecule has 0 unspecified atom stereocenters. The molecule has 1 aromatic carbocycles. The van der Waals surface area contributed by atoms with Gasteiger partial charge in [0.15, 0.2) is 0 Å². The fourth-order valence-corrected chi connectivity index (χ4v) is 3.91. The number of nitrogens with zero attached hydrogens (tertiary/aromatic N) is 5. The SMILES string of the molecule is Cc1cccc(CN(CCN(Cc2ccccn2)Cc2ccccn2)Cc2ccccc2)n1. The second kappa shape index (κ2) is 12.0. The Morgan fingerprint density at radius 3 is 1.67 bits per heavy atom. The third-order valence-electron chi connectivity index (χ3n) is 5.54. The third-order valence-corrected chi connectivity index (χ3v) is 5.54. The minimum Gasteiger partial charge on any atom is -0.292 e. The molecule has 0 bridgehead atoms. The molecule has 0 atom stereocenters. The molecule has 0 saturated heterocycles. The fourth-order valence-electron chi connectivity index (χ4n) is 3.91. The highest BCUT2D eigenvalue weighted by atomic mass is 15.2. The standard InChI is InChI=1S/C28H31N5/c1-24-10-9-15-28(31-24)23-32(20-25-11-3-2-4-12-25)18-19-33(21-26-13-5-7-16-29-26)22-27-14-6-8-17-30-27/h2-17H,18-23H2,1H3. The van der Waals surface area contributed by atoms with Crippen LogP contribution < -0.4 is 0 Å². The monoisotopic (exact) mass is 437 g/mol. The molecular formula is C28H31N5. The van der Waals surface area contributed by atoms with Crippen molar-refractivity contribution in [2.75, 3.05) is 13.1 Å². The number of aryl methyl sites for hydroxylation is 1. The van der Waals surface area contributed by atoms with Gasteiger partial charge in [-0.1, -0.05) is 48.5 Å². The van der Waals surface area contributed by atoms with Gasteiger partial charge in [-0.2, -0.15) is 0 Å². The van der Waals surface area contributed by atoms with Crippen molar-refractivity contribution in [1.82, 2.24) is 24.8 Å². The number of hydrogen-bond donors (Lipinski definition) is 0. The van der Waals surface area contributed by atoms with Gasteiger partial charge in [0.05, 0.1) is 17.1 Å². The maximum absolute atomic E-state index is 4.74. The van der Waals surface area contributed by atoms with Crippen LogP contribution in [0.3, 0.4) is 0 Å². The molecule has 0 aliphatic carbocycles. The summed E-state index contributed by atoms with van der Waals surface area (Å²) in [7, 11) is 0. The summed E-state index contributed by atoms with van der Waals surface area (Å²) in [5.74, 6) is 0. The Kier molecular flexibility index (Phi) is 8.28. The Morgan fingerprint density at radius 2 is 1.09 bits per heavy atom. The normalized spacial score (nSPS) is 11.2. The lowest BCUT2D eigenvalue weighted by molar-refractivity contribution is 0.179. The van der Waals surface area contributed by atoms with E-state index in [1.54, 1.807) is 0 Å². The summed E-state index contributed by atoms with van der Waals surface area (Å²) in [4.78, 5) is 18.7. The molecule has 5 heteroatoms. The maximum atomic E-state index is 4.74. The number of hydrogen-bond acceptors (Lipinski definition) is 5. The van der Waals surface area contributed by atoms with Crippen LogP contribution >= 0.6 is 0 Å². The Bertz CT molecular complexity index is 1050. The van der Waals surface area contributed by atoms with Crippen molar-refractivity contribution >= 4 is 0 Å². The predicted molar refractivity (Wildman–Crippen MR) is 132 cm³/mol. The first kappa shape index (κ1) is 22.8. The average Bonchev–Trinajstić information content (AvgIpc) is 2.84. The van der Waals surface area contributed by atoms with Crippen LogP contribution in [0.4, 0.5) is 0 Å². The van der Waals surface area contributed by atoms with E-state index in [1.807, 2.05) is 49.6 Å². The molecule has 0 amide bonds. The van der Waals surface area contributed by atoms with Gasteiger partial charge in [-0.15, -0.1) is 0 Å². The highest BCUT2D eigenvalue weighted by Crippen LogP contribution is 2.12. The lowest BCUT2D eigenvalue weighted by Gasteiger charge is -2.27. The summed E-state index contributed by atoms with van der Waals surface area (Å²) in [6.07, 6.45) is 3.72. The van der Waals surface area contributed by atoms with Crippen LogP contribution in [0.2, 0.25) is 0 Å². The van der Waals surface area contributed by atoms with Gasteiger partial charge < -0.3 is 0 Å². The lowest BCUT2D eigenvalue weighted by Crippen LogP contribution is -2.34. The number of pyridine rings is 3. The highest BCUT2D eigenvalue weighted by molar-refractivity contribution is 5.15. The van der Waals surface area contributed by atoms with Crippen LogP contribution in [0.25, 0.3) is 0 Å². The molecule has 4 aromatic rings. The van der Waals surface area contributed by atoms with E-state index in [9.17, 15) is 0 Å². The van der Waals surface area contributed by atoms with Gasteiger partial charge in [0, 0.05) is 57.4 Å². The first-order valence-corrected chi connectivity index (χ1v) is 11.5. The van der Waals surface area contributed by atoms with E-state index in [0.717, 1.165) is 62.0 Å². The summed E-state index contributed by atoms with van der Waals surface area (Å²) in [5, 5.41) is 0. The Hall–Kier alpha value is -3.41. The Labute approximate surface area is 196 Å². The zero-order valence-electron chi connectivity index (χ0n) is 19.2. The van der Waals surface area contributed by atoms with Crippen molar-refractivity contribution in [2.24, 2.45) is 0 Å². The zero-order valence-corrected chi connectivity index (χ0v) is 19.2. The number of rotatable bonds is 11. The first-order chi connectivity index (χ1) is 16.2. The van der Waals surface area contributed by atoms with Crippen molar-refractivity contribution < 1.29 is 0 Å². The molecule has 0 saturated carbocycles. The van der Waals surface area contributed by atoms with Crippen molar-refractivity contribution in [2.45, 2.75) is 33.1 Å². The summed E-state index contributed by atoms with van der Waals surface area (Å²) in [5.41, 5.74) is 5.61. The lowest BCUT2D eigenvalue weighted by atomic mass is 10.2. The smallest absolute Gasteiger partial charge is 0.0547 e. The van der Waals surface area contributed by atoms with Gasteiger partial charge in [-0.05, 0) is 48.9 Å². The molecule has 3 aromatic heterocycles. The van der Waals surface area contributed by atoms with E-state index in [0.29, 0.717) is 0 Å². The van der Waals surface area contributed by atoms with Gasteiger partial charge in [0.25, 0.3) is 0 Å². The molecular weight excluding hydrogens is 406 g/mol. The average molecular weight is 438 g/mol. The molecule has 4 rings (SSSR count). The predicted octanol–water partition coefficient (Wildman–Crippen LogP) is 4.88. The van der Waals surface area contributed by atoms with Crippen LogP contribution in [-0.4, -0.2) is 37.8 Å². The Morgan fingerprint density at radius 1 is 0.545 bits per heavy atom. The van der Waals surface area contributed by atoms with Gasteiger partial charge in [-0.3, -0.25) is 24.8 Å². The van der Waals surface area contributed by atoms with E-state index < -0.39 is 0 Å². The van der Waals surface area contributed by atoms with Crippen LogP contribution in [0, 0.1) is 6.92 Å². The van der Waals surface area contributed by atoms with Crippen LogP contribution in [0.1, 0.15) is 28.3 Å². The molecule has 0 aliphatic rings. The van der Waals surface area contributed by atoms with Gasteiger partial charge in [0.1, 0.15) is 0 Å². The number of benzene rings is 1. The van der Waals surface area contributed by atoms with Crippen molar-refractivity contribution in [1.29, 1.82) is 0 Å². The van der Waals surface area contributed by atoms with Crippen LogP contribution in [0.5, 0.6) is 0 Å². The minimum atomic E-state index is 0.791. The van der Waals surface area contributed by atoms with Gasteiger partial charge in [-0.25, -0.2) is 0 Å². The second-order valence-electron chi connectivity index (χ2n) is 8.32.